The van der Waals surface area contributed by atoms with E-state index in [2.05, 4.69) is 14.8 Å². The summed E-state index contributed by atoms with van der Waals surface area (Å²) in [7, 11) is 0. The van der Waals surface area contributed by atoms with E-state index in [1.807, 2.05) is 54.6 Å². The third-order valence-electron chi connectivity index (χ3n) is 7.40. The van der Waals surface area contributed by atoms with Crippen molar-refractivity contribution in [1.82, 2.24) is 9.88 Å². The van der Waals surface area contributed by atoms with Gasteiger partial charge >= 0.3 is 5.97 Å². The first-order chi connectivity index (χ1) is 19.6. The first kappa shape index (κ1) is 30.2. The van der Waals surface area contributed by atoms with E-state index in [0.29, 0.717) is 11.4 Å². The SMILES string of the molecule is Cl.O=C(OCc1ccccc1)c1cccnc1N1CCN(CCCC(c2ccc(F)cc2)c2ccc(F)cc2)CC1. The third-order valence-corrected chi connectivity index (χ3v) is 7.40. The fourth-order valence-electron chi connectivity index (χ4n) is 5.23. The molecule has 0 amide bonds. The number of hydrogen-bond donors (Lipinski definition) is 0. The number of nitrogens with zero attached hydrogens (tertiary/aromatic N) is 3. The van der Waals surface area contributed by atoms with Crippen LogP contribution < -0.4 is 4.90 Å². The van der Waals surface area contributed by atoms with Crippen LogP contribution in [0.4, 0.5) is 14.6 Å². The Morgan fingerprint density at radius 1 is 0.805 bits per heavy atom. The number of pyridine rings is 1. The van der Waals surface area contributed by atoms with Crippen LogP contribution in [0, 0.1) is 11.6 Å². The maximum absolute atomic E-state index is 13.5. The minimum atomic E-state index is -0.373. The van der Waals surface area contributed by atoms with Crippen molar-refractivity contribution in [3.05, 3.63) is 131 Å². The Morgan fingerprint density at radius 2 is 1.41 bits per heavy atom. The highest BCUT2D eigenvalue weighted by Crippen LogP contribution is 2.30. The van der Waals surface area contributed by atoms with Gasteiger partial charge in [-0.25, -0.2) is 18.6 Å². The summed E-state index contributed by atoms with van der Waals surface area (Å²) in [4.78, 5) is 22.0. The van der Waals surface area contributed by atoms with E-state index in [1.165, 1.54) is 24.3 Å². The molecule has 214 valence electrons. The van der Waals surface area contributed by atoms with Gasteiger partial charge in [0.1, 0.15) is 29.6 Å². The summed E-state index contributed by atoms with van der Waals surface area (Å²) in [6.07, 6.45) is 3.52. The molecule has 4 aromatic rings. The molecule has 0 spiro atoms. The molecule has 5 nitrogen and oxygen atoms in total. The first-order valence-corrected chi connectivity index (χ1v) is 13.7. The Morgan fingerprint density at radius 3 is 2.02 bits per heavy atom. The lowest BCUT2D eigenvalue weighted by atomic mass is 9.87. The Balaban J connectivity index is 0.00000387. The summed E-state index contributed by atoms with van der Waals surface area (Å²) < 4.78 is 32.7. The van der Waals surface area contributed by atoms with E-state index in [0.717, 1.165) is 62.3 Å². The molecule has 0 saturated carbocycles. The molecule has 0 N–H and O–H groups in total. The van der Waals surface area contributed by atoms with Crippen molar-refractivity contribution < 1.29 is 18.3 Å². The van der Waals surface area contributed by atoms with Gasteiger partial charge in [-0.3, -0.25) is 4.90 Å². The molecule has 8 heteroatoms. The zero-order valence-electron chi connectivity index (χ0n) is 22.8. The second kappa shape index (κ2) is 14.7. The number of esters is 1. The first-order valence-electron chi connectivity index (χ1n) is 13.7. The number of piperazine rings is 1. The number of anilines is 1. The minimum absolute atomic E-state index is 0. The molecule has 0 atom stereocenters. The minimum Gasteiger partial charge on any atom is -0.457 e. The fraction of sp³-hybridized carbons (Fsp3) is 0.273. The van der Waals surface area contributed by atoms with Crippen LogP contribution in [0.1, 0.15) is 45.8 Å². The van der Waals surface area contributed by atoms with Crippen molar-refractivity contribution in [2.75, 3.05) is 37.6 Å². The second-order valence-electron chi connectivity index (χ2n) is 10.1. The summed E-state index contributed by atoms with van der Waals surface area (Å²) in [5.74, 6) is -0.171. The van der Waals surface area contributed by atoms with Gasteiger partial charge in [-0.1, -0.05) is 54.6 Å². The van der Waals surface area contributed by atoms with Crippen molar-refractivity contribution >= 4 is 24.2 Å². The van der Waals surface area contributed by atoms with Gasteiger partial charge in [0.25, 0.3) is 0 Å². The standard InChI is InChI=1S/C33H33F2N3O2.ClH/c34-28-14-10-26(11-15-28)30(27-12-16-29(35)17-13-27)9-5-19-37-20-22-38(23-21-37)32-31(8-4-18-36-32)33(39)40-24-25-6-2-1-3-7-25;/h1-4,6-8,10-18,30H,5,9,19-24H2;1H. The summed E-state index contributed by atoms with van der Waals surface area (Å²) in [5, 5.41) is 0. The third kappa shape index (κ3) is 8.12. The van der Waals surface area contributed by atoms with Gasteiger partial charge in [-0.05, 0) is 72.5 Å². The molecule has 3 aromatic carbocycles. The molecule has 0 radical (unpaired) electrons. The fourth-order valence-corrected chi connectivity index (χ4v) is 5.23. The largest absolute Gasteiger partial charge is 0.457 e. The normalized spacial score (nSPS) is 13.6. The van der Waals surface area contributed by atoms with Gasteiger partial charge in [-0.15, -0.1) is 12.4 Å². The Labute approximate surface area is 246 Å². The maximum Gasteiger partial charge on any atom is 0.342 e. The lowest BCUT2D eigenvalue weighted by Crippen LogP contribution is -2.47. The smallest absolute Gasteiger partial charge is 0.342 e. The van der Waals surface area contributed by atoms with Crippen LogP contribution in [0.2, 0.25) is 0 Å². The van der Waals surface area contributed by atoms with Gasteiger partial charge in [0.05, 0.1) is 0 Å². The van der Waals surface area contributed by atoms with Crippen LogP contribution in [0.15, 0.2) is 97.2 Å². The Kier molecular flexibility index (Phi) is 10.8. The van der Waals surface area contributed by atoms with Crippen LogP contribution >= 0.6 is 12.4 Å². The van der Waals surface area contributed by atoms with E-state index in [4.69, 9.17) is 4.74 Å². The van der Waals surface area contributed by atoms with Gasteiger partial charge in [0, 0.05) is 38.3 Å². The number of halogens is 3. The molecular weight excluding hydrogens is 544 g/mol. The predicted molar refractivity (Wildman–Crippen MR) is 160 cm³/mol. The van der Waals surface area contributed by atoms with Gasteiger partial charge < -0.3 is 9.64 Å². The average Bonchev–Trinajstić information content (AvgIpc) is 3.00. The summed E-state index contributed by atoms with van der Waals surface area (Å²) in [5.41, 5.74) is 3.48. The Bertz CT molecular complexity index is 1330. The van der Waals surface area contributed by atoms with Crippen molar-refractivity contribution in [2.45, 2.75) is 25.4 Å². The van der Waals surface area contributed by atoms with E-state index >= 15 is 0 Å². The van der Waals surface area contributed by atoms with E-state index in [9.17, 15) is 13.6 Å². The number of aromatic nitrogens is 1. The van der Waals surface area contributed by atoms with E-state index < -0.39 is 0 Å². The average molecular weight is 578 g/mol. The van der Waals surface area contributed by atoms with Crippen molar-refractivity contribution in [1.29, 1.82) is 0 Å². The summed E-state index contributed by atoms with van der Waals surface area (Å²) in [6, 6.07) is 26.4. The molecule has 41 heavy (non-hydrogen) atoms. The maximum atomic E-state index is 13.5. The molecule has 1 aliphatic heterocycles. The van der Waals surface area contributed by atoms with E-state index in [1.54, 1.807) is 18.3 Å². The van der Waals surface area contributed by atoms with Gasteiger partial charge in [-0.2, -0.15) is 0 Å². The van der Waals surface area contributed by atoms with Gasteiger partial charge in [0.15, 0.2) is 0 Å². The Hall–Kier alpha value is -3.81. The predicted octanol–water partition coefficient (Wildman–Crippen LogP) is 6.87. The number of benzene rings is 3. The zero-order chi connectivity index (χ0) is 27.7. The molecular formula is C33H34ClF2N3O2. The topological polar surface area (TPSA) is 45.7 Å². The van der Waals surface area contributed by atoms with Crippen molar-refractivity contribution in [3.8, 4) is 0 Å². The highest BCUT2D eigenvalue weighted by atomic mass is 35.5. The molecule has 2 heterocycles. The molecule has 0 aliphatic carbocycles. The van der Waals surface area contributed by atoms with E-state index in [-0.39, 0.29) is 42.5 Å². The van der Waals surface area contributed by atoms with Crippen LogP contribution in [-0.2, 0) is 11.3 Å². The molecule has 1 aliphatic rings. The monoisotopic (exact) mass is 577 g/mol. The highest BCUT2D eigenvalue weighted by Gasteiger charge is 2.24. The summed E-state index contributed by atoms with van der Waals surface area (Å²) >= 11 is 0. The molecule has 1 fully saturated rings. The molecule has 1 aromatic heterocycles. The molecule has 0 bridgehead atoms. The van der Waals surface area contributed by atoms with Crippen molar-refractivity contribution in [3.63, 3.8) is 0 Å². The number of ether oxygens (including phenoxy) is 1. The lowest BCUT2D eigenvalue weighted by Gasteiger charge is -2.36. The van der Waals surface area contributed by atoms with Crippen LogP contribution in [0.25, 0.3) is 0 Å². The summed E-state index contributed by atoms with van der Waals surface area (Å²) in [6.45, 7) is 4.36. The van der Waals surface area contributed by atoms with Crippen LogP contribution in [0.3, 0.4) is 0 Å². The zero-order valence-corrected chi connectivity index (χ0v) is 23.6. The number of carbonyl (C=O) groups excluding carboxylic acids is 1. The van der Waals surface area contributed by atoms with Gasteiger partial charge in [0.2, 0.25) is 0 Å². The quantitative estimate of drug-likeness (QED) is 0.192. The number of rotatable bonds is 10. The van der Waals surface area contributed by atoms with Crippen molar-refractivity contribution in [2.24, 2.45) is 0 Å². The molecule has 5 rings (SSSR count). The number of carbonyl (C=O) groups is 1. The molecule has 1 saturated heterocycles. The second-order valence-corrected chi connectivity index (χ2v) is 10.1. The molecule has 0 unspecified atom stereocenters. The van der Waals surface area contributed by atoms with Crippen LogP contribution in [0.5, 0.6) is 0 Å². The number of hydrogen-bond acceptors (Lipinski definition) is 5. The van der Waals surface area contributed by atoms with Crippen LogP contribution in [-0.4, -0.2) is 48.6 Å². The lowest BCUT2D eigenvalue weighted by molar-refractivity contribution is 0.0473. The highest BCUT2D eigenvalue weighted by molar-refractivity contribution is 5.94.